The molecule has 3 nitrogen and oxygen atoms in total. The lowest BCUT2D eigenvalue weighted by atomic mass is 9.90. The third-order valence-corrected chi connectivity index (χ3v) is 4.27. The van der Waals surface area contributed by atoms with Crippen LogP contribution in [0, 0.1) is 5.92 Å². The first-order valence-electron chi connectivity index (χ1n) is 6.94. The number of nitrogens with zero attached hydrogens (tertiary/aromatic N) is 1. The molecule has 1 heterocycles. The van der Waals surface area contributed by atoms with E-state index in [0.717, 1.165) is 48.8 Å². The van der Waals surface area contributed by atoms with Crippen molar-refractivity contribution in [3.63, 3.8) is 0 Å². The molecule has 1 aliphatic rings. The molecule has 0 amide bonds. The Morgan fingerprint density at radius 2 is 2.26 bits per heavy atom. The highest BCUT2D eigenvalue weighted by atomic mass is 35.5. The number of ether oxygens (including phenoxy) is 1. The van der Waals surface area contributed by atoms with Crippen LogP contribution in [0.25, 0.3) is 0 Å². The van der Waals surface area contributed by atoms with Crippen LogP contribution in [-0.2, 0) is 6.54 Å². The molecule has 0 spiro atoms. The van der Waals surface area contributed by atoms with Crippen LogP contribution in [0.2, 0.25) is 5.02 Å². The van der Waals surface area contributed by atoms with Gasteiger partial charge in [-0.3, -0.25) is 4.90 Å². The second-order valence-electron chi connectivity index (χ2n) is 5.31. The first-order valence-corrected chi connectivity index (χ1v) is 7.32. The Morgan fingerprint density at radius 3 is 2.95 bits per heavy atom. The second kappa shape index (κ2) is 6.60. The summed E-state index contributed by atoms with van der Waals surface area (Å²) >= 11 is 6.08. The predicted molar refractivity (Wildman–Crippen MR) is 79.7 cm³/mol. The molecule has 4 heteroatoms. The van der Waals surface area contributed by atoms with E-state index in [9.17, 15) is 0 Å². The quantitative estimate of drug-likeness (QED) is 0.923. The summed E-state index contributed by atoms with van der Waals surface area (Å²) < 4.78 is 5.41. The first-order chi connectivity index (χ1) is 9.13. The van der Waals surface area contributed by atoms with Crippen LogP contribution in [-0.4, -0.2) is 31.1 Å². The number of rotatable bonds is 4. The number of halogens is 1. The topological polar surface area (TPSA) is 38.5 Å². The molecule has 1 aromatic rings. The van der Waals surface area contributed by atoms with Crippen LogP contribution in [0.15, 0.2) is 18.2 Å². The average molecular weight is 283 g/mol. The van der Waals surface area contributed by atoms with Gasteiger partial charge in [-0.2, -0.15) is 0 Å². The van der Waals surface area contributed by atoms with Gasteiger partial charge in [0.25, 0.3) is 0 Å². The Hall–Kier alpha value is -0.770. The Labute approximate surface area is 120 Å². The number of benzene rings is 1. The molecule has 2 unspecified atom stereocenters. The standard InChI is InChI=1S/C15H23ClN2O/c1-3-11-9-18(7-6-14(11)17)10-12-8-13(16)4-5-15(12)19-2/h4-5,8,11,14H,3,6-7,9-10,17H2,1-2H3. The largest absolute Gasteiger partial charge is 0.496 e. The van der Waals surface area contributed by atoms with E-state index in [1.807, 2.05) is 18.2 Å². The number of hydrogen-bond donors (Lipinski definition) is 1. The van der Waals surface area contributed by atoms with Crippen LogP contribution in [0.5, 0.6) is 5.75 Å². The molecule has 2 N–H and O–H groups in total. The van der Waals surface area contributed by atoms with E-state index in [1.165, 1.54) is 0 Å². The predicted octanol–water partition coefficient (Wildman–Crippen LogP) is 2.91. The number of likely N-dealkylation sites (tertiary alicyclic amines) is 1. The second-order valence-corrected chi connectivity index (χ2v) is 5.75. The van der Waals surface area contributed by atoms with Crippen LogP contribution in [0.3, 0.4) is 0 Å². The molecule has 0 saturated carbocycles. The summed E-state index contributed by atoms with van der Waals surface area (Å²) in [6.07, 6.45) is 2.21. The first kappa shape index (κ1) is 14.6. The van der Waals surface area contributed by atoms with Crippen molar-refractivity contribution in [2.75, 3.05) is 20.2 Å². The highest BCUT2D eigenvalue weighted by Crippen LogP contribution is 2.26. The highest BCUT2D eigenvalue weighted by Gasteiger charge is 2.25. The van der Waals surface area contributed by atoms with Gasteiger partial charge in [0.05, 0.1) is 7.11 Å². The molecule has 0 radical (unpaired) electrons. The fraction of sp³-hybridized carbons (Fsp3) is 0.600. The zero-order valence-corrected chi connectivity index (χ0v) is 12.5. The van der Waals surface area contributed by atoms with Crippen LogP contribution >= 0.6 is 11.6 Å². The molecule has 0 aromatic heterocycles. The van der Waals surface area contributed by atoms with Crippen molar-refractivity contribution in [2.45, 2.75) is 32.4 Å². The minimum atomic E-state index is 0.350. The van der Waals surface area contributed by atoms with Gasteiger partial charge in [-0.25, -0.2) is 0 Å². The molecule has 2 atom stereocenters. The summed E-state index contributed by atoms with van der Waals surface area (Å²) in [7, 11) is 1.70. The van der Waals surface area contributed by atoms with Crippen molar-refractivity contribution in [1.29, 1.82) is 0 Å². The molecule has 1 aromatic carbocycles. The maximum atomic E-state index is 6.15. The maximum Gasteiger partial charge on any atom is 0.123 e. The summed E-state index contributed by atoms with van der Waals surface area (Å²) in [6.45, 7) is 5.21. The van der Waals surface area contributed by atoms with E-state index in [2.05, 4.69) is 11.8 Å². The maximum absolute atomic E-state index is 6.15. The lowest BCUT2D eigenvalue weighted by Gasteiger charge is -2.36. The van der Waals surface area contributed by atoms with Crippen molar-refractivity contribution in [3.8, 4) is 5.75 Å². The van der Waals surface area contributed by atoms with Gasteiger partial charge in [-0.15, -0.1) is 0 Å². The van der Waals surface area contributed by atoms with Crippen molar-refractivity contribution in [1.82, 2.24) is 4.90 Å². The third kappa shape index (κ3) is 3.62. The van der Waals surface area contributed by atoms with Crippen LogP contribution in [0.1, 0.15) is 25.3 Å². The fourth-order valence-corrected chi connectivity index (χ4v) is 3.01. The molecule has 1 aliphatic heterocycles. The van der Waals surface area contributed by atoms with E-state index in [4.69, 9.17) is 22.1 Å². The lowest BCUT2D eigenvalue weighted by Crippen LogP contribution is -2.46. The number of nitrogens with two attached hydrogens (primary N) is 1. The van der Waals surface area contributed by atoms with Crippen molar-refractivity contribution < 1.29 is 4.74 Å². The minimum Gasteiger partial charge on any atom is -0.496 e. The normalized spacial score (nSPS) is 24.4. The van der Waals surface area contributed by atoms with E-state index in [1.54, 1.807) is 7.11 Å². The smallest absolute Gasteiger partial charge is 0.123 e. The highest BCUT2D eigenvalue weighted by molar-refractivity contribution is 6.30. The van der Waals surface area contributed by atoms with Crippen LogP contribution in [0.4, 0.5) is 0 Å². The monoisotopic (exact) mass is 282 g/mol. The fourth-order valence-electron chi connectivity index (χ4n) is 2.81. The Kier molecular flexibility index (Phi) is 5.08. The summed E-state index contributed by atoms with van der Waals surface area (Å²) in [4.78, 5) is 2.45. The average Bonchev–Trinajstić information content (AvgIpc) is 2.41. The Bertz CT molecular complexity index is 425. The Morgan fingerprint density at radius 1 is 1.47 bits per heavy atom. The summed E-state index contributed by atoms with van der Waals surface area (Å²) in [5.74, 6) is 1.51. The number of hydrogen-bond acceptors (Lipinski definition) is 3. The van der Waals surface area contributed by atoms with Crippen molar-refractivity contribution in [3.05, 3.63) is 28.8 Å². The van der Waals surface area contributed by atoms with Gasteiger partial charge in [0.1, 0.15) is 5.75 Å². The van der Waals surface area contributed by atoms with Crippen molar-refractivity contribution >= 4 is 11.6 Å². The number of piperidine rings is 1. The molecule has 2 rings (SSSR count). The van der Waals surface area contributed by atoms with E-state index < -0.39 is 0 Å². The van der Waals surface area contributed by atoms with Crippen molar-refractivity contribution in [2.24, 2.45) is 11.7 Å². The molecule has 1 saturated heterocycles. The van der Waals surface area contributed by atoms with Crippen LogP contribution < -0.4 is 10.5 Å². The summed E-state index contributed by atoms with van der Waals surface area (Å²) in [5, 5.41) is 0.761. The molecule has 0 bridgehead atoms. The molecular weight excluding hydrogens is 260 g/mol. The molecule has 0 aliphatic carbocycles. The minimum absolute atomic E-state index is 0.350. The van der Waals surface area contributed by atoms with Gasteiger partial charge in [0, 0.05) is 29.7 Å². The third-order valence-electron chi connectivity index (χ3n) is 4.04. The van der Waals surface area contributed by atoms with Gasteiger partial charge in [0.2, 0.25) is 0 Å². The van der Waals surface area contributed by atoms with Gasteiger partial charge in [-0.1, -0.05) is 24.9 Å². The zero-order chi connectivity index (χ0) is 13.8. The van der Waals surface area contributed by atoms with E-state index >= 15 is 0 Å². The van der Waals surface area contributed by atoms with E-state index in [-0.39, 0.29) is 0 Å². The molecular formula is C15H23ClN2O. The van der Waals surface area contributed by atoms with Gasteiger partial charge in [-0.05, 0) is 37.1 Å². The Balaban J connectivity index is 2.06. The molecule has 19 heavy (non-hydrogen) atoms. The SMILES string of the molecule is CCC1CN(Cc2cc(Cl)ccc2OC)CCC1N. The van der Waals surface area contributed by atoms with Gasteiger partial charge < -0.3 is 10.5 Å². The van der Waals surface area contributed by atoms with Gasteiger partial charge >= 0.3 is 0 Å². The van der Waals surface area contributed by atoms with Gasteiger partial charge in [0.15, 0.2) is 0 Å². The zero-order valence-electron chi connectivity index (χ0n) is 11.7. The summed E-state index contributed by atoms with van der Waals surface area (Å²) in [6, 6.07) is 6.15. The number of methoxy groups -OCH3 is 1. The molecule has 106 valence electrons. The summed E-state index contributed by atoms with van der Waals surface area (Å²) in [5.41, 5.74) is 7.31. The molecule has 1 fully saturated rings. The lowest BCUT2D eigenvalue weighted by molar-refractivity contribution is 0.144. The van der Waals surface area contributed by atoms with E-state index in [0.29, 0.717) is 12.0 Å².